The van der Waals surface area contributed by atoms with Gasteiger partial charge in [0.1, 0.15) is 11.0 Å². The van der Waals surface area contributed by atoms with Crippen molar-refractivity contribution in [1.82, 2.24) is 4.98 Å². The van der Waals surface area contributed by atoms with Gasteiger partial charge >= 0.3 is 0 Å². The van der Waals surface area contributed by atoms with Crippen LogP contribution in [0.15, 0.2) is 23.3 Å². The lowest BCUT2D eigenvalue weighted by Gasteiger charge is -2.15. The molecule has 1 aromatic rings. The lowest BCUT2D eigenvalue weighted by molar-refractivity contribution is -0.117. The SMILES string of the molecule is [N-]=[N+]=NCC1CC(=O)N(c2cccc(Cl)n2)C1. The van der Waals surface area contributed by atoms with Crippen molar-refractivity contribution in [3.05, 3.63) is 33.8 Å². The summed E-state index contributed by atoms with van der Waals surface area (Å²) in [6.07, 6.45) is 0.382. The highest BCUT2D eigenvalue weighted by atomic mass is 35.5. The Bertz CT molecular complexity index is 485. The molecule has 88 valence electrons. The van der Waals surface area contributed by atoms with E-state index in [9.17, 15) is 4.79 Å². The molecule has 1 aliphatic rings. The molecule has 1 aliphatic heterocycles. The number of hydrogen-bond acceptors (Lipinski definition) is 3. The van der Waals surface area contributed by atoms with E-state index in [-0.39, 0.29) is 11.8 Å². The van der Waals surface area contributed by atoms with Gasteiger partial charge in [-0.1, -0.05) is 22.8 Å². The van der Waals surface area contributed by atoms with Crippen molar-refractivity contribution in [2.45, 2.75) is 6.42 Å². The van der Waals surface area contributed by atoms with Crippen LogP contribution >= 0.6 is 11.6 Å². The molecule has 1 fully saturated rings. The lowest BCUT2D eigenvalue weighted by atomic mass is 10.1. The first-order chi connectivity index (χ1) is 8.20. The van der Waals surface area contributed by atoms with Gasteiger partial charge in [0, 0.05) is 24.4 Å². The van der Waals surface area contributed by atoms with Gasteiger partial charge in [-0.3, -0.25) is 9.69 Å². The first-order valence-electron chi connectivity index (χ1n) is 5.14. The van der Waals surface area contributed by atoms with Crippen LogP contribution in [0.1, 0.15) is 6.42 Å². The van der Waals surface area contributed by atoms with Crippen molar-refractivity contribution >= 4 is 23.3 Å². The molecule has 17 heavy (non-hydrogen) atoms. The van der Waals surface area contributed by atoms with Crippen LogP contribution in [0, 0.1) is 5.92 Å². The summed E-state index contributed by atoms with van der Waals surface area (Å²) in [6, 6.07) is 5.14. The highest BCUT2D eigenvalue weighted by Gasteiger charge is 2.30. The molecule has 1 unspecified atom stereocenters. The maximum atomic E-state index is 11.8. The van der Waals surface area contributed by atoms with Crippen molar-refractivity contribution in [3.63, 3.8) is 0 Å². The number of carbonyl (C=O) groups excluding carboxylic acids is 1. The van der Waals surface area contributed by atoms with E-state index in [4.69, 9.17) is 17.1 Å². The molecule has 2 heterocycles. The number of hydrogen-bond donors (Lipinski definition) is 0. The monoisotopic (exact) mass is 251 g/mol. The molecule has 0 saturated carbocycles. The van der Waals surface area contributed by atoms with Crippen molar-refractivity contribution in [2.75, 3.05) is 18.0 Å². The van der Waals surface area contributed by atoms with Gasteiger partial charge in [-0.05, 0) is 23.6 Å². The fraction of sp³-hybridized carbons (Fsp3) is 0.400. The Morgan fingerprint density at radius 1 is 1.65 bits per heavy atom. The van der Waals surface area contributed by atoms with Crippen LogP contribution < -0.4 is 4.90 Å². The van der Waals surface area contributed by atoms with Crippen LogP contribution in [0.2, 0.25) is 5.15 Å². The molecular weight excluding hydrogens is 242 g/mol. The van der Waals surface area contributed by atoms with Crippen LogP contribution in [0.3, 0.4) is 0 Å². The van der Waals surface area contributed by atoms with E-state index in [0.717, 1.165) is 0 Å². The molecule has 0 bridgehead atoms. The minimum absolute atomic E-state index is 0.0158. The highest BCUT2D eigenvalue weighted by Crippen LogP contribution is 2.24. The predicted molar refractivity (Wildman–Crippen MR) is 63.7 cm³/mol. The van der Waals surface area contributed by atoms with Gasteiger partial charge in [0.2, 0.25) is 5.91 Å². The summed E-state index contributed by atoms with van der Waals surface area (Å²) in [5, 5.41) is 3.84. The fourth-order valence-electron chi connectivity index (χ4n) is 1.83. The third-order valence-corrected chi connectivity index (χ3v) is 2.80. The minimum atomic E-state index is -0.0158. The first-order valence-corrected chi connectivity index (χ1v) is 5.52. The van der Waals surface area contributed by atoms with E-state index in [2.05, 4.69) is 15.0 Å². The Kier molecular flexibility index (Phi) is 3.46. The van der Waals surface area contributed by atoms with Gasteiger partial charge in [-0.15, -0.1) is 0 Å². The van der Waals surface area contributed by atoms with Crippen molar-refractivity contribution < 1.29 is 4.79 Å². The minimum Gasteiger partial charge on any atom is -0.296 e. The van der Waals surface area contributed by atoms with E-state index in [1.807, 2.05) is 0 Å². The Morgan fingerprint density at radius 3 is 3.18 bits per heavy atom. The standard InChI is InChI=1S/C10H10ClN5O/c11-8-2-1-3-9(14-8)16-6-7(4-10(16)17)5-13-15-12/h1-3,7H,4-6H2. The molecule has 0 spiro atoms. The number of halogens is 1. The van der Waals surface area contributed by atoms with Gasteiger partial charge in [0.25, 0.3) is 0 Å². The molecular formula is C10H10ClN5O. The average molecular weight is 252 g/mol. The van der Waals surface area contributed by atoms with Crippen molar-refractivity contribution in [3.8, 4) is 0 Å². The second-order valence-electron chi connectivity index (χ2n) is 3.81. The van der Waals surface area contributed by atoms with E-state index in [0.29, 0.717) is 30.5 Å². The second-order valence-corrected chi connectivity index (χ2v) is 4.19. The van der Waals surface area contributed by atoms with Gasteiger partial charge < -0.3 is 0 Å². The van der Waals surface area contributed by atoms with Crippen LogP contribution in [0.4, 0.5) is 5.82 Å². The normalized spacial score (nSPS) is 19.2. The first kappa shape index (κ1) is 11.7. The Morgan fingerprint density at radius 2 is 2.47 bits per heavy atom. The van der Waals surface area contributed by atoms with Crippen LogP contribution in [-0.2, 0) is 4.79 Å². The van der Waals surface area contributed by atoms with Gasteiger partial charge in [-0.25, -0.2) is 4.98 Å². The number of pyridine rings is 1. The average Bonchev–Trinajstić information content (AvgIpc) is 2.68. The summed E-state index contributed by atoms with van der Waals surface area (Å²) in [5.74, 6) is 0.586. The Hall–Kier alpha value is -1.78. The molecule has 1 amide bonds. The summed E-state index contributed by atoms with van der Waals surface area (Å²) < 4.78 is 0. The van der Waals surface area contributed by atoms with Gasteiger partial charge in [0.15, 0.2) is 0 Å². The number of azide groups is 1. The number of rotatable bonds is 3. The largest absolute Gasteiger partial charge is 0.296 e. The molecule has 6 nitrogen and oxygen atoms in total. The van der Waals surface area contributed by atoms with Crippen LogP contribution in [-0.4, -0.2) is 24.0 Å². The van der Waals surface area contributed by atoms with Crippen molar-refractivity contribution in [1.29, 1.82) is 0 Å². The number of amides is 1. The Labute approximate surface area is 103 Å². The topological polar surface area (TPSA) is 82.0 Å². The van der Waals surface area contributed by atoms with Gasteiger partial charge in [-0.2, -0.15) is 0 Å². The number of aromatic nitrogens is 1. The van der Waals surface area contributed by atoms with E-state index >= 15 is 0 Å². The van der Waals surface area contributed by atoms with Crippen LogP contribution in [0.25, 0.3) is 10.4 Å². The zero-order valence-electron chi connectivity index (χ0n) is 8.95. The summed E-state index contributed by atoms with van der Waals surface area (Å²) in [6.45, 7) is 0.852. The third kappa shape index (κ3) is 2.67. The summed E-state index contributed by atoms with van der Waals surface area (Å²) >= 11 is 5.78. The molecule has 1 atom stereocenters. The summed E-state index contributed by atoms with van der Waals surface area (Å²) in [5.41, 5.74) is 8.24. The predicted octanol–water partition coefficient (Wildman–Crippen LogP) is 2.40. The molecule has 1 saturated heterocycles. The maximum Gasteiger partial charge on any atom is 0.228 e. The molecule has 0 radical (unpaired) electrons. The molecule has 7 heteroatoms. The third-order valence-electron chi connectivity index (χ3n) is 2.59. The molecule has 0 aliphatic carbocycles. The number of carbonyl (C=O) groups is 1. The van der Waals surface area contributed by atoms with Gasteiger partial charge in [0.05, 0.1) is 0 Å². The molecule has 0 aromatic carbocycles. The number of nitrogens with zero attached hydrogens (tertiary/aromatic N) is 5. The van der Waals surface area contributed by atoms with E-state index in [1.54, 1.807) is 23.1 Å². The van der Waals surface area contributed by atoms with E-state index in [1.165, 1.54) is 0 Å². The zero-order chi connectivity index (χ0) is 12.3. The quantitative estimate of drug-likeness (QED) is 0.358. The molecule has 2 rings (SSSR count). The van der Waals surface area contributed by atoms with Crippen LogP contribution in [0.5, 0.6) is 0 Å². The van der Waals surface area contributed by atoms with Crippen molar-refractivity contribution in [2.24, 2.45) is 11.0 Å². The second kappa shape index (κ2) is 5.03. The fourth-order valence-corrected chi connectivity index (χ4v) is 1.98. The Balaban J connectivity index is 2.12. The zero-order valence-corrected chi connectivity index (χ0v) is 9.71. The van der Waals surface area contributed by atoms with E-state index < -0.39 is 0 Å². The highest BCUT2D eigenvalue weighted by molar-refractivity contribution is 6.29. The smallest absolute Gasteiger partial charge is 0.228 e. The summed E-state index contributed by atoms with van der Waals surface area (Å²) in [7, 11) is 0. The molecule has 0 N–H and O–H groups in total. The lowest BCUT2D eigenvalue weighted by Crippen LogP contribution is -2.25. The number of anilines is 1. The summed E-state index contributed by atoms with van der Waals surface area (Å²) in [4.78, 5) is 20.1. The molecule has 1 aromatic heterocycles. The maximum absolute atomic E-state index is 11.8.